The summed E-state index contributed by atoms with van der Waals surface area (Å²) in [6.45, 7) is 2.18. The van der Waals surface area contributed by atoms with E-state index in [1.807, 2.05) is 24.3 Å². The normalized spacial score (nSPS) is 21.6. The molecule has 0 radical (unpaired) electrons. The summed E-state index contributed by atoms with van der Waals surface area (Å²) in [5.41, 5.74) is 1.30. The number of nitrogens with one attached hydrogen (secondary N) is 4. The number of fused-ring (bicyclic) bond motifs is 4. The second-order valence-electron chi connectivity index (χ2n) is 15.6. The van der Waals surface area contributed by atoms with Crippen LogP contribution in [-0.4, -0.2) is 116 Å². The second-order valence-corrected chi connectivity index (χ2v) is 15.6. The van der Waals surface area contributed by atoms with E-state index in [2.05, 4.69) is 21.3 Å². The summed E-state index contributed by atoms with van der Waals surface area (Å²) in [5, 5.41) is 10.7. The number of hydrogen-bond donors (Lipinski definition) is 4. The standard InChI is InChI=1S/C43H58N6O9/c1-4-14-33(39(52)41(54)44-26-36(51)47-37(42(55)48(2)3)29-16-7-5-8-17-29)45-40(53)34-25-32-27-49(34)43(56)38(30-18-9-6-10-19-30)46-35(50)24-28-15-13-20-31(23-28)57-21-11-12-22-58-32/h5,7-8,13,15-17,20,23,30,32-34,37-38H,4,6,9-12,14,18-19,21-22,24-27H2,1-3H3,(H,44,54)(H,45,53)(H,46,50)(H,47,51)/t32-,33-,34+,37+,38+/m1/s1. The summed E-state index contributed by atoms with van der Waals surface area (Å²) in [6.07, 6.45) is 6.09. The van der Waals surface area contributed by atoms with Crippen LogP contribution in [0.15, 0.2) is 54.6 Å². The van der Waals surface area contributed by atoms with E-state index in [0.717, 1.165) is 37.7 Å². The number of nitrogens with zero attached hydrogens (tertiary/aromatic N) is 2. The van der Waals surface area contributed by atoms with Gasteiger partial charge in [-0.15, -0.1) is 0 Å². The zero-order valence-electron chi connectivity index (χ0n) is 33.8. The average molecular weight is 803 g/mol. The van der Waals surface area contributed by atoms with Crippen LogP contribution in [0, 0.1) is 5.92 Å². The number of ether oxygens (including phenoxy) is 2. The topological polar surface area (TPSA) is 193 Å². The number of carbonyl (C=O) groups is 7. The van der Waals surface area contributed by atoms with E-state index in [9.17, 15) is 33.6 Å². The molecule has 5 rings (SSSR count). The van der Waals surface area contributed by atoms with Crippen molar-refractivity contribution in [3.8, 4) is 5.75 Å². The van der Waals surface area contributed by atoms with Crippen LogP contribution in [0.2, 0.25) is 0 Å². The minimum atomic E-state index is -1.24. The van der Waals surface area contributed by atoms with E-state index >= 15 is 0 Å². The fourth-order valence-corrected chi connectivity index (χ4v) is 7.87. The minimum absolute atomic E-state index is 0.0513. The molecule has 58 heavy (non-hydrogen) atoms. The van der Waals surface area contributed by atoms with Crippen molar-refractivity contribution in [3.05, 3.63) is 65.7 Å². The van der Waals surface area contributed by atoms with Crippen LogP contribution in [0.1, 0.15) is 88.3 Å². The van der Waals surface area contributed by atoms with Crippen molar-refractivity contribution in [1.82, 2.24) is 31.1 Å². The van der Waals surface area contributed by atoms with E-state index < -0.39 is 60.3 Å². The third-order valence-electron chi connectivity index (χ3n) is 10.9. The van der Waals surface area contributed by atoms with Gasteiger partial charge in [-0.05, 0) is 61.3 Å². The molecule has 2 aromatic carbocycles. The molecule has 1 saturated carbocycles. The molecule has 15 heteroatoms. The Balaban J connectivity index is 1.29. The number of carbonyl (C=O) groups excluding carboxylic acids is 7. The van der Waals surface area contributed by atoms with Crippen molar-refractivity contribution in [2.45, 2.75) is 108 Å². The fourth-order valence-electron chi connectivity index (χ4n) is 7.87. The molecule has 0 aromatic heterocycles. The highest BCUT2D eigenvalue weighted by molar-refractivity contribution is 6.38. The van der Waals surface area contributed by atoms with Gasteiger partial charge in [-0.1, -0.05) is 75.1 Å². The molecule has 1 saturated heterocycles. The average Bonchev–Trinajstić information content (AvgIpc) is 3.66. The number of likely N-dealkylation sites (N-methyl/N-ethyl adjacent to an activating group) is 1. The first kappa shape index (κ1) is 43.8. The molecule has 2 fully saturated rings. The Morgan fingerprint density at radius 3 is 2.38 bits per heavy atom. The predicted molar refractivity (Wildman–Crippen MR) is 214 cm³/mol. The number of Topliss-reactive ketones (excluding diaryl/α,β-unsaturated/α-hetero) is 1. The molecule has 2 heterocycles. The number of ketones is 1. The van der Waals surface area contributed by atoms with Gasteiger partial charge in [0.15, 0.2) is 0 Å². The molecule has 6 amide bonds. The Kier molecular flexibility index (Phi) is 16.2. The molecule has 0 spiro atoms. The quantitative estimate of drug-likeness (QED) is 0.234. The van der Waals surface area contributed by atoms with Gasteiger partial charge in [0, 0.05) is 33.7 Å². The monoisotopic (exact) mass is 802 g/mol. The van der Waals surface area contributed by atoms with Crippen molar-refractivity contribution >= 4 is 41.2 Å². The van der Waals surface area contributed by atoms with Crippen LogP contribution in [0.25, 0.3) is 0 Å². The third-order valence-corrected chi connectivity index (χ3v) is 10.9. The van der Waals surface area contributed by atoms with Crippen molar-refractivity contribution in [2.24, 2.45) is 5.92 Å². The summed E-state index contributed by atoms with van der Waals surface area (Å²) < 4.78 is 12.1. The molecule has 15 nitrogen and oxygen atoms in total. The van der Waals surface area contributed by atoms with Crippen LogP contribution in [-0.2, 0) is 44.7 Å². The van der Waals surface area contributed by atoms with Crippen LogP contribution in [0.4, 0.5) is 0 Å². The fraction of sp³-hybridized carbons (Fsp3) is 0.558. The Bertz CT molecular complexity index is 1770. The lowest BCUT2D eigenvalue weighted by Gasteiger charge is -2.35. The largest absolute Gasteiger partial charge is 0.494 e. The van der Waals surface area contributed by atoms with Crippen LogP contribution in [0.5, 0.6) is 5.75 Å². The SMILES string of the molecule is CCC[C@@H](NC(=O)[C@@H]1C[C@@H]2CN1C(=O)[C@H](C1CCCCC1)NC(=O)Cc1cccc(c1)OCCCCO2)C(=O)C(=O)NCC(=O)N[C@H](C(=O)N(C)C)c1ccccc1. The predicted octanol–water partition coefficient (Wildman–Crippen LogP) is 2.37. The zero-order valence-corrected chi connectivity index (χ0v) is 33.8. The van der Waals surface area contributed by atoms with Gasteiger partial charge >= 0.3 is 0 Å². The van der Waals surface area contributed by atoms with Gasteiger partial charge in [-0.25, -0.2) is 0 Å². The zero-order chi connectivity index (χ0) is 41.6. The lowest BCUT2D eigenvalue weighted by atomic mass is 9.83. The van der Waals surface area contributed by atoms with Crippen molar-refractivity contribution in [3.63, 3.8) is 0 Å². The third kappa shape index (κ3) is 12.1. The highest BCUT2D eigenvalue weighted by Crippen LogP contribution is 2.30. The molecule has 0 unspecified atom stereocenters. The summed E-state index contributed by atoms with van der Waals surface area (Å²) >= 11 is 0. The van der Waals surface area contributed by atoms with Gasteiger partial charge in [-0.2, -0.15) is 0 Å². The summed E-state index contributed by atoms with van der Waals surface area (Å²) in [7, 11) is 3.12. The maximum atomic E-state index is 14.6. The second kappa shape index (κ2) is 21.4. The van der Waals surface area contributed by atoms with Crippen LogP contribution >= 0.6 is 0 Å². The van der Waals surface area contributed by atoms with Crippen molar-refractivity contribution in [2.75, 3.05) is 40.4 Å². The highest BCUT2D eigenvalue weighted by atomic mass is 16.5. The lowest BCUT2D eigenvalue weighted by molar-refractivity contribution is -0.144. The van der Waals surface area contributed by atoms with E-state index in [4.69, 9.17) is 9.47 Å². The first-order valence-corrected chi connectivity index (χ1v) is 20.6. The van der Waals surface area contributed by atoms with Gasteiger partial charge in [-0.3, -0.25) is 33.6 Å². The maximum absolute atomic E-state index is 14.6. The molecular weight excluding hydrogens is 745 g/mol. The van der Waals surface area contributed by atoms with Crippen molar-refractivity contribution < 1.29 is 43.0 Å². The van der Waals surface area contributed by atoms with E-state index in [1.165, 1.54) is 9.80 Å². The number of rotatable bonds is 12. The first-order valence-electron chi connectivity index (χ1n) is 20.6. The number of hydrogen-bond acceptors (Lipinski definition) is 9. The van der Waals surface area contributed by atoms with Gasteiger partial charge < -0.3 is 40.5 Å². The van der Waals surface area contributed by atoms with Crippen LogP contribution in [0.3, 0.4) is 0 Å². The van der Waals surface area contributed by atoms with E-state index in [0.29, 0.717) is 43.8 Å². The summed E-state index contributed by atoms with van der Waals surface area (Å²) in [5.74, 6) is -3.85. The number of amides is 6. The molecule has 4 bridgehead atoms. The van der Waals surface area contributed by atoms with Gasteiger partial charge in [0.25, 0.3) is 5.91 Å². The van der Waals surface area contributed by atoms with Crippen molar-refractivity contribution in [1.29, 1.82) is 0 Å². The van der Waals surface area contributed by atoms with Gasteiger partial charge in [0.2, 0.25) is 35.3 Å². The molecule has 5 atom stereocenters. The molecule has 4 N–H and O–H groups in total. The Morgan fingerprint density at radius 1 is 0.914 bits per heavy atom. The minimum Gasteiger partial charge on any atom is -0.494 e. The summed E-state index contributed by atoms with van der Waals surface area (Å²) in [6, 6.07) is 11.9. The highest BCUT2D eigenvalue weighted by Gasteiger charge is 2.45. The maximum Gasteiger partial charge on any atom is 0.290 e. The molecule has 2 aromatic rings. The smallest absolute Gasteiger partial charge is 0.290 e. The van der Waals surface area contributed by atoms with Crippen LogP contribution < -0.4 is 26.0 Å². The van der Waals surface area contributed by atoms with E-state index in [1.54, 1.807) is 51.4 Å². The molecule has 314 valence electrons. The molecular formula is C43H58N6O9. The first-order chi connectivity index (χ1) is 27.9. The van der Waals surface area contributed by atoms with Gasteiger partial charge in [0.05, 0.1) is 31.7 Å². The Labute approximate surface area is 340 Å². The molecule has 2 aliphatic heterocycles. The Hall–Kier alpha value is -5.31. The molecule has 1 aliphatic carbocycles. The lowest BCUT2D eigenvalue weighted by Crippen LogP contribution is -2.58. The van der Waals surface area contributed by atoms with E-state index in [-0.39, 0.29) is 49.4 Å². The number of benzene rings is 2. The Morgan fingerprint density at radius 2 is 1.66 bits per heavy atom. The summed E-state index contributed by atoms with van der Waals surface area (Å²) in [4.78, 5) is 97.6. The molecule has 3 aliphatic rings. The van der Waals surface area contributed by atoms with Gasteiger partial charge in [0.1, 0.15) is 23.9 Å².